The first-order valence-corrected chi connectivity index (χ1v) is 10.0. The number of nitrogens with zero attached hydrogens (tertiary/aromatic N) is 1. The Hall–Kier alpha value is -2.63. The Morgan fingerprint density at radius 2 is 1.83 bits per heavy atom. The van der Waals surface area contributed by atoms with Gasteiger partial charge in [0.15, 0.2) is 0 Å². The number of hydrogen-bond acceptors (Lipinski definition) is 4. The smallest absolute Gasteiger partial charge is 0.410 e. The molecule has 0 spiro atoms. The summed E-state index contributed by atoms with van der Waals surface area (Å²) in [4.78, 5) is 37.2. The number of carbonyl (C=O) groups excluding carboxylic acids is 3. The molecular formula is C23H32N2O4. The third-order valence-corrected chi connectivity index (χ3v) is 5.19. The van der Waals surface area contributed by atoms with Crippen molar-refractivity contribution < 1.29 is 19.1 Å². The van der Waals surface area contributed by atoms with Gasteiger partial charge in [-0.05, 0) is 57.2 Å². The third-order valence-electron chi connectivity index (χ3n) is 5.19. The van der Waals surface area contributed by atoms with Crippen LogP contribution in [0.1, 0.15) is 58.1 Å². The molecule has 0 radical (unpaired) electrons. The summed E-state index contributed by atoms with van der Waals surface area (Å²) in [5.74, 6) is -0.0726. The monoisotopic (exact) mass is 400 g/mol. The van der Waals surface area contributed by atoms with Crippen LogP contribution in [0.3, 0.4) is 0 Å². The van der Waals surface area contributed by atoms with E-state index in [-0.39, 0.29) is 12.0 Å². The molecular weight excluding hydrogens is 368 g/mol. The predicted octanol–water partition coefficient (Wildman–Crippen LogP) is 3.69. The van der Waals surface area contributed by atoms with Crippen LogP contribution in [-0.2, 0) is 19.7 Å². The molecule has 0 bridgehead atoms. The molecule has 0 aliphatic carbocycles. The Kier molecular flexibility index (Phi) is 7.22. The minimum absolute atomic E-state index is 0.0726. The number of aldehydes is 1. The van der Waals surface area contributed by atoms with E-state index in [1.807, 2.05) is 58.0 Å². The van der Waals surface area contributed by atoms with Crippen molar-refractivity contribution in [2.24, 2.45) is 0 Å². The van der Waals surface area contributed by atoms with Gasteiger partial charge in [0.1, 0.15) is 11.9 Å². The van der Waals surface area contributed by atoms with Gasteiger partial charge in [0.2, 0.25) is 5.91 Å². The highest BCUT2D eigenvalue weighted by molar-refractivity contribution is 5.77. The molecule has 0 aromatic heterocycles. The average Bonchev–Trinajstić information content (AvgIpc) is 2.70. The molecule has 0 fully saturated rings. The molecule has 29 heavy (non-hydrogen) atoms. The highest BCUT2D eigenvalue weighted by Crippen LogP contribution is 2.30. The normalized spacial score (nSPS) is 16.4. The SMILES string of the molecule is CNC(=O)CCC(C)(C=O)c1ccc(C2=CCN(C(=O)OC(C)(C)C)CC2)cc1. The highest BCUT2D eigenvalue weighted by Gasteiger charge is 2.27. The molecule has 1 atom stereocenters. The molecule has 2 amide bonds. The Bertz CT molecular complexity index is 777. The van der Waals surface area contributed by atoms with Crippen LogP contribution in [0.4, 0.5) is 4.79 Å². The van der Waals surface area contributed by atoms with Crippen LogP contribution in [0, 0.1) is 0 Å². The fourth-order valence-electron chi connectivity index (χ4n) is 3.26. The lowest BCUT2D eigenvalue weighted by molar-refractivity contribution is -0.121. The Morgan fingerprint density at radius 3 is 2.31 bits per heavy atom. The molecule has 0 saturated heterocycles. The summed E-state index contributed by atoms with van der Waals surface area (Å²) >= 11 is 0. The number of carbonyl (C=O) groups is 3. The average molecular weight is 401 g/mol. The van der Waals surface area contributed by atoms with E-state index in [0.717, 1.165) is 23.8 Å². The number of benzene rings is 1. The van der Waals surface area contributed by atoms with E-state index < -0.39 is 11.0 Å². The summed E-state index contributed by atoms with van der Waals surface area (Å²) < 4.78 is 5.43. The van der Waals surface area contributed by atoms with Crippen LogP contribution in [0.25, 0.3) is 5.57 Å². The van der Waals surface area contributed by atoms with Crippen molar-refractivity contribution in [2.75, 3.05) is 20.1 Å². The van der Waals surface area contributed by atoms with Gasteiger partial charge < -0.3 is 19.7 Å². The Labute approximate surface area is 173 Å². The molecule has 1 aromatic carbocycles. The van der Waals surface area contributed by atoms with Crippen LogP contribution in [0.5, 0.6) is 0 Å². The largest absolute Gasteiger partial charge is 0.444 e. The van der Waals surface area contributed by atoms with E-state index in [9.17, 15) is 14.4 Å². The summed E-state index contributed by atoms with van der Waals surface area (Å²) in [7, 11) is 1.59. The second kappa shape index (κ2) is 9.25. The fourth-order valence-corrected chi connectivity index (χ4v) is 3.26. The van der Waals surface area contributed by atoms with Crippen molar-refractivity contribution in [3.63, 3.8) is 0 Å². The lowest BCUT2D eigenvalue weighted by Gasteiger charge is -2.30. The topological polar surface area (TPSA) is 75.7 Å². The lowest BCUT2D eigenvalue weighted by atomic mass is 9.79. The molecule has 1 aliphatic rings. The van der Waals surface area contributed by atoms with Gasteiger partial charge >= 0.3 is 6.09 Å². The zero-order chi connectivity index (χ0) is 21.7. The first kappa shape index (κ1) is 22.7. The first-order valence-electron chi connectivity index (χ1n) is 10.0. The van der Waals surface area contributed by atoms with Crippen LogP contribution in [0.2, 0.25) is 0 Å². The van der Waals surface area contributed by atoms with Crippen molar-refractivity contribution in [2.45, 2.75) is 58.0 Å². The quantitative estimate of drug-likeness (QED) is 0.739. The molecule has 0 saturated carbocycles. The van der Waals surface area contributed by atoms with E-state index in [0.29, 0.717) is 25.9 Å². The molecule has 6 heteroatoms. The van der Waals surface area contributed by atoms with Crippen molar-refractivity contribution in [3.05, 3.63) is 41.5 Å². The van der Waals surface area contributed by atoms with Gasteiger partial charge in [-0.2, -0.15) is 0 Å². The number of hydrogen-bond donors (Lipinski definition) is 1. The van der Waals surface area contributed by atoms with Gasteiger partial charge in [-0.1, -0.05) is 30.3 Å². The lowest BCUT2D eigenvalue weighted by Crippen LogP contribution is -2.39. The summed E-state index contributed by atoms with van der Waals surface area (Å²) in [5, 5.41) is 2.59. The Morgan fingerprint density at radius 1 is 1.17 bits per heavy atom. The molecule has 2 rings (SSSR count). The second-order valence-corrected chi connectivity index (χ2v) is 8.69. The number of ether oxygens (including phenoxy) is 1. The highest BCUT2D eigenvalue weighted by atomic mass is 16.6. The van der Waals surface area contributed by atoms with E-state index in [4.69, 9.17) is 4.74 Å². The van der Waals surface area contributed by atoms with Gasteiger partial charge in [0.25, 0.3) is 0 Å². The molecule has 1 aliphatic heterocycles. The van der Waals surface area contributed by atoms with Crippen molar-refractivity contribution in [3.8, 4) is 0 Å². The Balaban J connectivity index is 2.05. The number of nitrogens with one attached hydrogen (secondary N) is 1. The summed E-state index contributed by atoms with van der Waals surface area (Å²) in [6, 6.07) is 7.92. The van der Waals surface area contributed by atoms with Gasteiger partial charge in [-0.15, -0.1) is 0 Å². The number of rotatable bonds is 6. The molecule has 6 nitrogen and oxygen atoms in total. The summed E-state index contributed by atoms with van der Waals surface area (Å²) in [6.45, 7) is 8.57. The molecule has 1 N–H and O–H groups in total. The first-order chi connectivity index (χ1) is 13.6. The van der Waals surface area contributed by atoms with Crippen LogP contribution in [-0.4, -0.2) is 48.9 Å². The van der Waals surface area contributed by atoms with E-state index in [1.54, 1.807) is 11.9 Å². The second-order valence-electron chi connectivity index (χ2n) is 8.69. The molecule has 1 aromatic rings. The fraction of sp³-hybridized carbons (Fsp3) is 0.522. The minimum Gasteiger partial charge on any atom is -0.444 e. The molecule has 1 heterocycles. The van der Waals surface area contributed by atoms with Crippen LogP contribution >= 0.6 is 0 Å². The van der Waals surface area contributed by atoms with Gasteiger partial charge in [0.05, 0.1) is 0 Å². The number of amides is 2. The summed E-state index contributed by atoms with van der Waals surface area (Å²) in [5.41, 5.74) is 1.96. The van der Waals surface area contributed by atoms with Gasteiger partial charge in [0, 0.05) is 32.0 Å². The third kappa shape index (κ3) is 6.17. The van der Waals surface area contributed by atoms with Crippen LogP contribution < -0.4 is 5.32 Å². The minimum atomic E-state index is -0.695. The van der Waals surface area contributed by atoms with Crippen molar-refractivity contribution >= 4 is 23.9 Å². The zero-order valence-corrected chi connectivity index (χ0v) is 18.1. The maximum atomic E-state index is 12.2. The van der Waals surface area contributed by atoms with Crippen LogP contribution in [0.15, 0.2) is 30.3 Å². The van der Waals surface area contributed by atoms with E-state index in [2.05, 4.69) is 5.32 Å². The zero-order valence-electron chi connectivity index (χ0n) is 18.1. The van der Waals surface area contributed by atoms with E-state index in [1.165, 1.54) is 5.57 Å². The van der Waals surface area contributed by atoms with E-state index >= 15 is 0 Å². The van der Waals surface area contributed by atoms with Gasteiger partial charge in [-0.25, -0.2) is 4.79 Å². The van der Waals surface area contributed by atoms with Crippen molar-refractivity contribution in [1.82, 2.24) is 10.2 Å². The maximum absolute atomic E-state index is 12.2. The molecule has 1 unspecified atom stereocenters. The predicted molar refractivity (Wildman–Crippen MR) is 114 cm³/mol. The maximum Gasteiger partial charge on any atom is 0.410 e. The summed E-state index contributed by atoms with van der Waals surface area (Å²) in [6.07, 6.45) is 4.19. The standard InChI is InChI=1S/C23H32N2O4/c1-22(2,3)29-21(28)25-14-11-18(12-15-25)17-6-8-19(9-7-17)23(4,16-26)13-10-20(27)24-5/h6-9,11,16H,10,12-15H2,1-5H3,(H,24,27). The van der Waals surface area contributed by atoms with Gasteiger partial charge in [-0.3, -0.25) is 4.79 Å². The van der Waals surface area contributed by atoms with Crippen molar-refractivity contribution in [1.29, 1.82) is 0 Å². The molecule has 158 valence electrons.